The Morgan fingerprint density at radius 1 is 1.21 bits per heavy atom. The van der Waals surface area contributed by atoms with Gasteiger partial charge in [0.25, 0.3) is 6.98 Å². The zero-order valence-corrected chi connectivity index (χ0v) is 16.8. The minimum Gasteiger partial charge on any atom is -0.398 e. The second-order valence-electron chi connectivity index (χ2n) is 7.86. The predicted molar refractivity (Wildman–Crippen MR) is 110 cm³/mol. The number of anilines is 1. The molecular formula is C19H35B2N3. The summed E-state index contributed by atoms with van der Waals surface area (Å²) in [5, 5.41) is 3.46. The molecule has 0 aromatic heterocycles. The van der Waals surface area contributed by atoms with Crippen LogP contribution < -0.4 is 10.0 Å². The number of nitrogens with zero attached hydrogens (tertiary/aromatic N) is 2. The van der Waals surface area contributed by atoms with Gasteiger partial charge in [-0.15, -0.1) is 0 Å². The Balaban J connectivity index is 2.30. The molecule has 0 saturated heterocycles. The molecule has 1 aliphatic rings. The van der Waals surface area contributed by atoms with Crippen LogP contribution in [0.2, 0.25) is 13.6 Å². The fourth-order valence-corrected chi connectivity index (χ4v) is 4.12. The normalized spacial score (nSPS) is 18.8. The van der Waals surface area contributed by atoms with Crippen LogP contribution in [0.4, 0.5) is 5.69 Å². The lowest BCUT2D eigenvalue weighted by Crippen LogP contribution is -2.62. The maximum Gasteiger partial charge on any atom is 0.329 e. The number of hydrogen-bond acceptors (Lipinski definition) is 3. The van der Waals surface area contributed by atoms with Crippen LogP contribution in [0.5, 0.6) is 0 Å². The number of unbranched alkanes of at least 4 members (excludes halogenated alkanes) is 2. The highest BCUT2D eigenvalue weighted by molar-refractivity contribution is 6.72. The van der Waals surface area contributed by atoms with Crippen LogP contribution in [0.3, 0.4) is 0 Å². The van der Waals surface area contributed by atoms with Crippen LogP contribution in [-0.2, 0) is 5.41 Å². The maximum atomic E-state index is 3.46. The standard InChI is InChI=1S/C19H35B2N3/c1-8-9-12-15-23(20(5)22-7)21(6)24-16(2)19(3,4)17-13-10-11-14-18(17)24/h10-11,13-14,16,22H,8-9,12,15H2,1-7H3. The Morgan fingerprint density at radius 3 is 2.50 bits per heavy atom. The number of nitrogens with one attached hydrogen (secondary N) is 1. The van der Waals surface area contributed by atoms with Crippen molar-refractivity contribution in [1.82, 2.24) is 9.95 Å². The summed E-state index contributed by atoms with van der Waals surface area (Å²) in [7, 11) is 2.06. The van der Waals surface area contributed by atoms with Crippen molar-refractivity contribution in [2.75, 3.05) is 18.4 Å². The van der Waals surface area contributed by atoms with Gasteiger partial charge in [0.2, 0.25) is 0 Å². The average molecular weight is 327 g/mol. The van der Waals surface area contributed by atoms with Gasteiger partial charge in [0.15, 0.2) is 0 Å². The van der Waals surface area contributed by atoms with E-state index in [0.29, 0.717) is 20.0 Å². The van der Waals surface area contributed by atoms with E-state index in [-0.39, 0.29) is 5.41 Å². The first kappa shape index (κ1) is 19.4. The Hall–Kier alpha value is -0.930. The zero-order chi connectivity index (χ0) is 17.9. The topological polar surface area (TPSA) is 18.5 Å². The molecule has 1 aromatic rings. The zero-order valence-electron chi connectivity index (χ0n) is 16.8. The second kappa shape index (κ2) is 7.97. The Morgan fingerprint density at radius 2 is 1.88 bits per heavy atom. The quantitative estimate of drug-likeness (QED) is 0.572. The Kier molecular flexibility index (Phi) is 6.44. The van der Waals surface area contributed by atoms with Gasteiger partial charge < -0.3 is 14.8 Å². The summed E-state index contributed by atoms with van der Waals surface area (Å²) in [5.74, 6) is 0. The van der Waals surface area contributed by atoms with E-state index in [1.54, 1.807) is 0 Å². The lowest BCUT2D eigenvalue weighted by molar-refractivity contribution is 0.459. The average Bonchev–Trinajstić information content (AvgIpc) is 2.78. The molecule has 0 spiro atoms. The monoisotopic (exact) mass is 327 g/mol. The van der Waals surface area contributed by atoms with Crippen molar-refractivity contribution < 1.29 is 0 Å². The van der Waals surface area contributed by atoms with Crippen LogP contribution in [0.25, 0.3) is 0 Å². The van der Waals surface area contributed by atoms with E-state index < -0.39 is 0 Å². The summed E-state index contributed by atoms with van der Waals surface area (Å²) < 4.78 is 2.62. The minimum atomic E-state index is 0.183. The SMILES string of the molecule is CCCCCN(B(C)NC)B(C)N1c2ccccc2C(C)(C)C1C. The molecule has 2 rings (SSSR count). The largest absolute Gasteiger partial charge is 0.398 e. The van der Waals surface area contributed by atoms with Crippen LogP contribution in [-0.4, -0.2) is 38.3 Å². The first-order chi connectivity index (χ1) is 11.4. The van der Waals surface area contributed by atoms with E-state index in [0.717, 1.165) is 6.54 Å². The van der Waals surface area contributed by atoms with Crippen LogP contribution >= 0.6 is 0 Å². The third-order valence-electron chi connectivity index (χ3n) is 6.16. The van der Waals surface area contributed by atoms with Crippen molar-refractivity contribution in [2.24, 2.45) is 0 Å². The fraction of sp³-hybridized carbons (Fsp3) is 0.684. The summed E-state index contributed by atoms with van der Waals surface area (Å²) in [5.41, 5.74) is 3.07. The maximum absolute atomic E-state index is 3.46. The van der Waals surface area contributed by atoms with E-state index in [1.807, 2.05) is 0 Å². The number of para-hydroxylation sites is 1. The van der Waals surface area contributed by atoms with Gasteiger partial charge in [-0.3, -0.25) is 0 Å². The summed E-state index contributed by atoms with van der Waals surface area (Å²) in [4.78, 5) is 2.63. The first-order valence-electron chi connectivity index (χ1n) is 9.67. The van der Waals surface area contributed by atoms with Crippen LogP contribution in [0.15, 0.2) is 24.3 Å². The molecule has 0 bridgehead atoms. The number of rotatable bonds is 8. The van der Waals surface area contributed by atoms with Gasteiger partial charge in [-0.1, -0.05) is 65.5 Å². The van der Waals surface area contributed by atoms with Gasteiger partial charge >= 0.3 is 6.98 Å². The molecule has 5 heteroatoms. The van der Waals surface area contributed by atoms with Gasteiger partial charge in [0.1, 0.15) is 0 Å². The highest BCUT2D eigenvalue weighted by Gasteiger charge is 2.46. The lowest BCUT2D eigenvalue weighted by atomic mass is 9.60. The fourth-order valence-electron chi connectivity index (χ4n) is 4.12. The third kappa shape index (κ3) is 3.52. The molecule has 1 atom stereocenters. The second-order valence-corrected chi connectivity index (χ2v) is 7.86. The van der Waals surface area contributed by atoms with E-state index in [4.69, 9.17) is 0 Å². The number of fused-ring (bicyclic) bond motifs is 1. The Bertz CT molecular complexity index is 535. The molecule has 0 saturated carbocycles. The van der Waals surface area contributed by atoms with Crippen molar-refractivity contribution in [3.8, 4) is 0 Å². The van der Waals surface area contributed by atoms with Gasteiger partial charge in [0, 0.05) is 17.1 Å². The van der Waals surface area contributed by atoms with Crippen molar-refractivity contribution in [2.45, 2.75) is 72.1 Å². The van der Waals surface area contributed by atoms with Crippen molar-refractivity contribution in [3.05, 3.63) is 29.8 Å². The van der Waals surface area contributed by atoms with E-state index >= 15 is 0 Å². The number of benzene rings is 1. The highest BCUT2D eigenvalue weighted by Crippen LogP contribution is 2.45. The van der Waals surface area contributed by atoms with Gasteiger partial charge in [-0.05, 0) is 38.6 Å². The summed E-state index contributed by atoms with van der Waals surface area (Å²) in [6.45, 7) is 16.0. The van der Waals surface area contributed by atoms with Gasteiger partial charge in [-0.2, -0.15) is 0 Å². The van der Waals surface area contributed by atoms with Gasteiger partial charge in [-0.25, -0.2) is 0 Å². The van der Waals surface area contributed by atoms with E-state index in [9.17, 15) is 0 Å². The molecule has 1 heterocycles. The van der Waals surface area contributed by atoms with Crippen molar-refractivity contribution >= 4 is 19.7 Å². The smallest absolute Gasteiger partial charge is 0.329 e. The first-order valence-corrected chi connectivity index (χ1v) is 9.67. The van der Waals surface area contributed by atoms with E-state index in [1.165, 1.54) is 30.5 Å². The molecule has 0 aliphatic carbocycles. The summed E-state index contributed by atoms with van der Waals surface area (Å²) in [6.07, 6.45) is 3.84. The minimum absolute atomic E-state index is 0.183. The number of hydrogen-bond donors (Lipinski definition) is 1. The molecule has 24 heavy (non-hydrogen) atoms. The van der Waals surface area contributed by atoms with Crippen LogP contribution in [0.1, 0.15) is 52.5 Å². The molecule has 1 unspecified atom stereocenters. The molecule has 3 nitrogen and oxygen atoms in total. The van der Waals surface area contributed by atoms with Gasteiger partial charge in [0.05, 0.1) is 0 Å². The molecule has 0 fully saturated rings. The van der Waals surface area contributed by atoms with E-state index in [2.05, 4.69) is 87.4 Å². The molecular weight excluding hydrogens is 292 g/mol. The molecule has 1 N–H and O–H groups in total. The summed E-state index contributed by atoms with van der Waals surface area (Å²) >= 11 is 0. The molecule has 132 valence electrons. The third-order valence-corrected chi connectivity index (χ3v) is 6.16. The molecule has 0 radical (unpaired) electrons. The highest BCUT2D eigenvalue weighted by atomic mass is 15.2. The van der Waals surface area contributed by atoms with Crippen molar-refractivity contribution in [3.63, 3.8) is 0 Å². The molecule has 1 aromatic carbocycles. The lowest BCUT2D eigenvalue weighted by Gasteiger charge is -2.41. The molecule has 1 aliphatic heterocycles. The Labute approximate surface area is 150 Å². The van der Waals surface area contributed by atoms with Crippen LogP contribution in [0, 0.1) is 0 Å². The molecule has 0 amide bonds. The van der Waals surface area contributed by atoms with Crippen molar-refractivity contribution in [1.29, 1.82) is 0 Å². The predicted octanol–water partition coefficient (Wildman–Crippen LogP) is 4.12. The summed E-state index contributed by atoms with van der Waals surface area (Å²) in [6, 6.07) is 9.45.